The Labute approximate surface area is 124 Å². The summed E-state index contributed by atoms with van der Waals surface area (Å²) < 4.78 is 10.7. The van der Waals surface area contributed by atoms with Gasteiger partial charge in [-0.3, -0.25) is 0 Å². The molecule has 5 heteroatoms. The minimum Gasteiger partial charge on any atom is -0.462 e. The Kier molecular flexibility index (Phi) is 5.80. The first kappa shape index (κ1) is 15.3. The van der Waals surface area contributed by atoms with Gasteiger partial charge in [-0.1, -0.05) is 24.9 Å². The monoisotopic (exact) mass is 297 g/mol. The van der Waals surface area contributed by atoms with Crippen molar-refractivity contribution in [3.63, 3.8) is 0 Å². The third kappa shape index (κ3) is 4.46. The van der Waals surface area contributed by atoms with Crippen LogP contribution in [0.4, 0.5) is 0 Å². The number of carbonyl (C=O) groups excluding carboxylic acids is 1. The smallest absolute Gasteiger partial charge is 0.338 e. The molecule has 0 saturated carbocycles. The number of nitrogens with zero attached hydrogens (tertiary/aromatic N) is 1. The Bertz CT molecular complexity index is 458. The van der Waals surface area contributed by atoms with Crippen molar-refractivity contribution in [3.05, 3.63) is 28.5 Å². The first-order valence-corrected chi connectivity index (χ1v) is 7.48. The molecule has 0 unspecified atom stereocenters. The number of aromatic nitrogens is 1. The van der Waals surface area contributed by atoms with Crippen LogP contribution in [-0.2, 0) is 15.9 Å². The predicted octanol–water partition coefficient (Wildman–Crippen LogP) is 3.27. The maximum absolute atomic E-state index is 12.1. The fourth-order valence-electron chi connectivity index (χ4n) is 2.24. The maximum atomic E-state index is 12.1. The molecule has 0 atom stereocenters. The van der Waals surface area contributed by atoms with Gasteiger partial charge in [0.2, 0.25) is 0 Å². The van der Waals surface area contributed by atoms with E-state index in [0.29, 0.717) is 23.2 Å². The van der Waals surface area contributed by atoms with E-state index in [1.54, 1.807) is 12.1 Å². The molecule has 0 spiro atoms. The lowest BCUT2D eigenvalue weighted by Crippen LogP contribution is -2.22. The summed E-state index contributed by atoms with van der Waals surface area (Å²) in [5, 5.41) is 0.342. The topological polar surface area (TPSA) is 48.4 Å². The van der Waals surface area contributed by atoms with Gasteiger partial charge in [0, 0.05) is 18.9 Å². The molecular weight excluding hydrogens is 278 g/mol. The molecule has 1 saturated heterocycles. The van der Waals surface area contributed by atoms with E-state index in [1.807, 2.05) is 0 Å². The third-order valence-electron chi connectivity index (χ3n) is 3.38. The summed E-state index contributed by atoms with van der Waals surface area (Å²) in [4.78, 5) is 16.3. The SMILES string of the molecule is CCCc1cc(C(=O)OCC2CCOCC2)cc(Cl)n1. The van der Waals surface area contributed by atoms with Gasteiger partial charge in [0.05, 0.1) is 12.2 Å². The average molecular weight is 298 g/mol. The van der Waals surface area contributed by atoms with Crippen LogP contribution in [0.15, 0.2) is 12.1 Å². The van der Waals surface area contributed by atoms with E-state index < -0.39 is 0 Å². The zero-order valence-electron chi connectivity index (χ0n) is 11.7. The van der Waals surface area contributed by atoms with Crippen LogP contribution in [0.3, 0.4) is 0 Å². The minimum atomic E-state index is -0.321. The van der Waals surface area contributed by atoms with E-state index in [4.69, 9.17) is 21.1 Å². The largest absolute Gasteiger partial charge is 0.462 e. The highest BCUT2D eigenvalue weighted by molar-refractivity contribution is 6.29. The van der Waals surface area contributed by atoms with Crippen LogP contribution < -0.4 is 0 Å². The Morgan fingerprint density at radius 3 is 2.90 bits per heavy atom. The summed E-state index contributed by atoms with van der Waals surface area (Å²) in [5.41, 5.74) is 1.32. The van der Waals surface area contributed by atoms with Crippen molar-refractivity contribution in [1.82, 2.24) is 4.98 Å². The van der Waals surface area contributed by atoms with Gasteiger partial charge in [0.15, 0.2) is 0 Å². The molecule has 1 fully saturated rings. The van der Waals surface area contributed by atoms with Crippen molar-refractivity contribution in [1.29, 1.82) is 0 Å². The summed E-state index contributed by atoms with van der Waals surface area (Å²) in [5.74, 6) is 0.0817. The van der Waals surface area contributed by atoms with E-state index in [-0.39, 0.29) is 5.97 Å². The number of hydrogen-bond acceptors (Lipinski definition) is 4. The van der Waals surface area contributed by atoms with Crippen molar-refractivity contribution < 1.29 is 14.3 Å². The summed E-state index contributed by atoms with van der Waals surface area (Å²) in [6, 6.07) is 3.33. The van der Waals surface area contributed by atoms with Gasteiger partial charge in [0.1, 0.15) is 5.15 Å². The van der Waals surface area contributed by atoms with E-state index in [1.165, 1.54) is 0 Å². The summed E-state index contributed by atoms with van der Waals surface area (Å²) in [7, 11) is 0. The van der Waals surface area contributed by atoms with Crippen molar-refractivity contribution in [3.8, 4) is 0 Å². The molecule has 1 aliphatic heterocycles. The van der Waals surface area contributed by atoms with Crippen molar-refractivity contribution in [2.75, 3.05) is 19.8 Å². The molecule has 4 nitrogen and oxygen atoms in total. The molecule has 0 amide bonds. The van der Waals surface area contributed by atoms with E-state index in [0.717, 1.165) is 44.6 Å². The Morgan fingerprint density at radius 2 is 2.20 bits per heavy atom. The van der Waals surface area contributed by atoms with Crippen LogP contribution in [-0.4, -0.2) is 30.8 Å². The highest BCUT2D eigenvalue weighted by atomic mass is 35.5. The average Bonchev–Trinajstić information content (AvgIpc) is 2.45. The maximum Gasteiger partial charge on any atom is 0.338 e. The Morgan fingerprint density at radius 1 is 1.45 bits per heavy atom. The molecule has 20 heavy (non-hydrogen) atoms. The van der Waals surface area contributed by atoms with Gasteiger partial charge in [0.25, 0.3) is 0 Å². The number of hydrogen-bond donors (Lipinski definition) is 0. The third-order valence-corrected chi connectivity index (χ3v) is 3.57. The van der Waals surface area contributed by atoms with Gasteiger partial charge >= 0.3 is 5.97 Å². The molecule has 2 heterocycles. The first-order chi connectivity index (χ1) is 9.69. The molecule has 1 aliphatic rings. The van der Waals surface area contributed by atoms with Crippen molar-refractivity contribution in [2.45, 2.75) is 32.6 Å². The number of pyridine rings is 1. The number of rotatable bonds is 5. The zero-order chi connectivity index (χ0) is 14.4. The van der Waals surface area contributed by atoms with Crippen LogP contribution in [0, 0.1) is 5.92 Å². The molecule has 2 rings (SSSR count). The summed E-state index contributed by atoms with van der Waals surface area (Å²) >= 11 is 5.94. The standard InChI is InChI=1S/C15H20ClNO3/c1-2-3-13-8-12(9-14(16)17-13)15(18)20-10-11-4-6-19-7-5-11/h8-9,11H,2-7,10H2,1H3. The van der Waals surface area contributed by atoms with Crippen LogP contribution >= 0.6 is 11.6 Å². The van der Waals surface area contributed by atoms with Gasteiger partial charge < -0.3 is 9.47 Å². The fraction of sp³-hybridized carbons (Fsp3) is 0.600. The van der Waals surface area contributed by atoms with Crippen LogP contribution in [0.2, 0.25) is 5.15 Å². The van der Waals surface area contributed by atoms with Crippen LogP contribution in [0.5, 0.6) is 0 Å². The van der Waals surface area contributed by atoms with Crippen LogP contribution in [0.1, 0.15) is 42.2 Å². The molecule has 0 N–H and O–H groups in total. The van der Waals surface area contributed by atoms with E-state index in [2.05, 4.69) is 11.9 Å². The van der Waals surface area contributed by atoms with Gasteiger partial charge in [-0.2, -0.15) is 0 Å². The lowest BCUT2D eigenvalue weighted by Gasteiger charge is -2.21. The van der Waals surface area contributed by atoms with Crippen molar-refractivity contribution >= 4 is 17.6 Å². The quantitative estimate of drug-likeness (QED) is 0.618. The number of halogens is 1. The molecule has 110 valence electrons. The highest BCUT2D eigenvalue weighted by Crippen LogP contribution is 2.17. The zero-order valence-corrected chi connectivity index (χ0v) is 12.5. The second-order valence-electron chi connectivity index (χ2n) is 5.07. The lowest BCUT2D eigenvalue weighted by atomic mass is 10.0. The van der Waals surface area contributed by atoms with Gasteiger partial charge in [-0.25, -0.2) is 9.78 Å². The van der Waals surface area contributed by atoms with Gasteiger partial charge in [-0.05, 0) is 37.3 Å². The fourth-order valence-corrected chi connectivity index (χ4v) is 2.47. The highest BCUT2D eigenvalue weighted by Gasteiger charge is 2.17. The Balaban J connectivity index is 1.93. The van der Waals surface area contributed by atoms with E-state index >= 15 is 0 Å². The molecule has 1 aromatic rings. The van der Waals surface area contributed by atoms with E-state index in [9.17, 15) is 4.79 Å². The minimum absolute atomic E-state index is 0.321. The molecule has 0 bridgehead atoms. The Hall–Kier alpha value is -1.13. The predicted molar refractivity (Wildman–Crippen MR) is 77.1 cm³/mol. The second-order valence-corrected chi connectivity index (χ2v) is 5.46. The first-order valence-electron chi connectivity index (χ1n) is 7.10. The number of aryl methyl sites for hydroxylation is 1. The molecule has 0 aliphatic carbocycles. The number of carbonyl (C=O) groups is 1. The number of esters is 1. The molecular formula is C15H20ClNO3. The second kappa shape index (κ2) is 7.60. The lowest BCUT2D eigenvalue weighted by molar-refractivity contribution is 0.0185. The molecule has 0 aromatic carbocycles. The van der Waals surface area contributed by atoms with Gasteiger partial charge in [-0.15, -0.1) is 0 Å². The van der Waals surface area contributed by atoms with Crippen molar-refractivity contribution in [2.24, 2.45) is 5.92 Å². The van der Waals surface area contributed by atoms with Crippen LogP contribution in [0.25, 0.3) is 0 Å². The molecule has 1 aromatic heterocycles. The normalized spacial score (nSPS) is 16.1. The molecule has 0 radical (unpaired) electrons. The summed E-state index contributed by atoms with van der Waals surface area (Å²) in [6.45, 7) is 4.02. The number of ether oxygens (including phenoxy) is 2. The summed E-state index contributed by atoms with van der Waals surface area (Å²) in [6.07, 6.45) is 3.67.